The van der Waals surface area contributed by atoms with Crippen molar-refractivity contribution < 1.29 is 18.3 Å². The number of carbonyl (C=O) groups excluding carboxylic acids is 1. The first-order valence-corrected chi connectivity index (χ1v) is 6.49. The fourth-order valence-electron chi connectivity index (χ4n) is 2.45. The molecular weight excluding hydrogens is 252 g/mol. The van der Waals surface area contributed by atoms with Crippen LogP contribution in [-0.4, -0.2) is 12.5 Å². The van der Waals surface area contributed by atoms with E-state index >= 15 is 0 Å². The lowest BCUT2D eigenvalue weighted by Crippen LogP contribution is -2.16. The lowest BCUT2D eigenvalue weighted by molar-refractivity contribution is -0.117. The van der Waals surface area contributed by atoms with Gasteiger partial charge < -0.3 is 10.1 Å². The van der Waals surface area contributed by atoms with Crippen molar-refractivity contribution in [1.82, 2.24) is 0 Å². The Morgan fingerprint density at radius 2 is 2.00 bits per heavy atom. The van der Waals surface area contributed by atoms with Crippen molar-refractivity contribution in [2.75, 3.05) is 5.32 Å². The zero-order valence-corrected chi connectivity index (χ0v) is 10.6. The summed E-state index contributed by atoms with van der Waals surface area (Å²) in [5.41, 5.74) is 0.297. The summed E-state index contributed by atoms with van der Waals surface area (Å²) in [4.78, 5) is 11.9. The highest BCUT2D eigenvalue weighted by molar-refractivity contribution is 5.92. The molecule has 2 rings (SSSR count). The molecule has 0 unspecified atom stereocenters. The van der Waals surface area contributed by atoms with Gasteiger partial charge in [0.25, 0.3) is 0 Å². The zero-order chi connectivity index (χ0) is 13.7. The highest BCUT2D eigenvalue weighted by atomic mass is 19.3. The van der Waals surface area contributed by atoms with Crippen molar-refractivity contribution >= 4 is 11.6 Å². The maximum Gasteiger partial charge on any atom is 0.387 e. The van der Waals surface area contributed by atoms with Crippen molar-refractivity contribution in [1.29, 1.82) is 0 Å². The molecule has 1 aromatic rings. The van der Waals surface area contributed by atoms with E-state index in [9.17, 15) is 13.6 Å². The summed E-state index contributed by atoms with van der Waals surface area (Å²) in [7, 11) is 0. The highest BCUT2D eigenvalue weighted by Crippen LogP contribution is 2.29. The van der Waals surface area contributed by atoms with Crippen LogP contribution in [0.5, 0.6) is 5.75 Å². The van der Waals surface area contributed by atoms with Gasteiger partial charge in [-0.3, -0.25) is 4.79 Å². The van der Waals surface area contributed by atoms with E-state index in [1.807, 2.05) is 0 Å². The van der Waals surface area contributed by atoms with Crippen LogP contribution < -0.4 is 10.1 Å². The highest BCUT2D eigenvalue weighted by Gasteiger charge is 2.19. The molecule has 1 saturated carbocycles. The number of halogens is 2. The number of hydrogen-bond donors (Lipinski definition) is 1. The maximum absolute atomic E-state index is 12.2. The van der Waals surface area contributed by atoms with Crippen LogP contribution in [0.3, 0.4) is 0 Å². The Bertz CT molecular complexity index is 431. The fourth-order valence-corrected chi connectivity index (χ4v) is 2.45. The predicted octanol–water partition coefficient (Wildman–Crippen LogP) is 3.81. The number of amides is 1. The lowest BCUT2D eigenvalue weighted by Gasteiger charge is -2.13. The van der Waals surface area contributed by atoms with Crippen molar-refractivity contribution in [2.24, 2.45) is 5.92 Å². The number of nitrogens with one attached hydrogen (secondary N) is 1. The van der Waals surface area contributed by atoms with Crippen LogP contribution in [0.4, 0.5) is 14.5 Å². The Balaban J connectivity index is 1.95. The van der Waals surface area contributed by atoms with Crippen molar-refractivity contribution in [3.8, 4) is 5.75 Å². The molecular formula is C14H17F2NO2. The third kappa shape index (κ3) is 4.19. The van der Waals surface area contributed by atoms with E-state index < -0.39 is 6.61 Å². The maximum atomic E-state index is 12.2. The van der Waals surface area contributed by atoms with E-state index in [0.717, 1.165) is 12.8 Å². The first-order valence-electron chi connectivity index (χ1n) is 6.49. The van der Waals surface area contributed by atoms with Gasteiger partial charge in [-0.15, -0.1) is 0 Å². The molecule has 0 aromatic heterocycles. The summed E-state index contributed by atoms with van der Waals surface area (Å²) in [6, 6.07) is 6.23. The minimum Gasteiger partial charge on any atom is -0.433 e. The summed E-state index contributed by atoms with van der Waals surface area (Å²) in [6.45, 7) is -2.90. The average Bonchev–Trinajstić information content (AvgIpc) is 2.83. The zero-order valence-electron chi connectivity index (χ0n) is 10.6. The van der Waals surface area contributed by atoms with Gasteiger partial charge in [-0.2, -0.15) is 8.78 Å². The Labute approximate surface area is 111 Å². The number of hydrogen-bond acceptors (Lipinski definition) is 2. The summed E-state index contributed by atoms with van der Waals surface area (Å²) in [5.74, 6) is 0.276. The van der Waals surface area contributed by atoms with Crippen molar-refractivity contribution in [3.63, 3.8) is 0 Å². The summed E-state index contributed by atoms with van der Waals surface area (Å²) < 4.78 is 28.8. The first-order chi connectivity index (χ1) is 9.15. The largest absolute Gasteiger partial charge is 0.433 e. The molecule has 5 heteroatoms. The molecule has 0 atom stereocenters. The van der Waals surface area contributed by atoms with Crippen LogP contribution in [0.1, 0.15) is 32.1 Å². The minimum absolute atomic E-state index is 0.00253. The van der Waals surface area contributed by atoms with E-state index in [0.29, 0.717) is 18.0 Å². The van der Waals surface area contributed by atoms with Crippen LogP contribution in [0.25, 0.3) is 0 Å². The molecule has 0 heterocycles. The second kappa shape index (κ2) is 6.50. The van der Waals surface area contributed by atoms with Gasteiger partial charge in [0, 0.05) is 6.42 Å². The molecule has 0 bridgehead atoms. The normalized spacial score (nSPS) is 15.7. The number of alkyl halides is 2. The number of benzene rings is 1. The molecule has 1 N–H and O–H groups in total. The molecule has 1 aliphatic rings. The van der Waals surface area contributed by atoms with Crippen LogP contribution in [-0.2, 0) is 4.79 Å². The smallest absolute Gasteiger partial charge is 0.387 e. The molecule has 0 saturated heterocycles. The first kappa shape index (κ1) is 13.8. The SMILES string of the molecule is O=C(CC1CCCC1)Nc1ccccc1OC(F)F. The Hall–Kier alpha value is -1.65. The summed E-state index contributed by atoms with van der Waals surface area (Å²) in [6.07, 6.45) is 4.93. The van der Waals surface area contributed by atoms with E-state index in [1.165, 1.54) is 18.9 Å². The topological polar surface area (TPSA) is 38.3 Å². The molecule has 1 aromatic carbocycles. The van der Waals surface area contributed by atoms with Crippen LogP contribution in [0.2, 0.25) is 0 Å². The van der Waals surface area contributed by atoms with Gasteiger partial charge in [0.1, 0.15) is 5.75 Å². The van der Waals surface area contributed by atoms with Gasteiger partial charge in [-0.1, -0.05) is 25.0 Å². The Kier molecular flexibility index (Phi) is 4.71. The number of rotatable bonds is 5. The molecule has 19 heavy (non-hydrogen) atoms. The van der Waals surface area contributed by atoms with E-state index in [-0.39, 0.29) is 11.7 Å². The Morgan fingerprint density at radius 1 is 1.32 bits per heavy atom. The van der Waals surface area contributed by atoms with Crippen LogP contribution in [0, 0.1) is 5.92 Å². The van der Waals surface area contributed by atoms with Crippen LogP contribution in [0.15, 0.2) is 24.3 Å². The molecule has 1 aliphatic carbocycles. The molecule has 104 valence electrons. The van der Waals surface area contributed by atoms with Gasteiger partial charge in [-0.25, -0.2) is 0 Å². The molecule has 0 radical (unpaired) electrons. The monoisotopic (exact) mass is 269 g/mol. The number of para-hydroxylation sites is 2. The third-order valence-electron chi connectivity index (χ3n) is 3.33. The van der Waals surface area contributed by atoms with E-state index in [4.69, 9.17) is 0 Å². The van der Waals surface area contributed by atoms with Gasteiger partial charge in [-0.05, 0) is 30.9 Å². The number of ether oxygens (including phenoxy) is 1. The Morgan fingerprint density at radius 3 is 2.68 bits per heavy atom. The third-order valence-corrected chi connectivity index (χ3v) is 3.33. The molecule has 1 amide bonds. The van der Waals surface area contributed by atoms with Crippen molar-refractivity contribution in [3.05, 3.63) is 24.3 Å². The molecule has 0 spiro atoms. The molecule has 3 nitrogen and oxygen atoms in total. The van der Waals surface area contributed by atoms with E-state index in [1.54, 1.807) is 18.2 Å². The second-order valence-corrected chi connectivity index (χ2v) is 4.78. The number of anilines is 1. The fraction of sp³-hybridized carbons (Fsp3) is 0.500. The van der Waals surface area contributed by atoms with Gasteiger partial charge in [0.05, 0.1) is 5.69 Å². The quantitative estimate of drug-likeness (QED) is 0.882. The average molecular weight is 269 g/mol. The molecule has 0 aliphatic heterocycles. The second-order valence-electron chi connectivity index (χ2n) is 4.78. The van der Waals surface area contributed by atoms with Gasteiger partial charge in [0.2, 0.25) is 5.91 Å². The van der Waals surface area contributed by atoms with Gasteiger partial charge in [0.15, 0.2) is 0 Å². The molecule has 1 fully saturated rings. The van der Waals surface area contributed by atoms with Crippen molar-refractivity contribution in [2.45, 2.75) is 38.7 Å². The standard InChI is InChI=1S/C14H17F2NO2/c15-14(16)19-12-8-4-3-7-11(12)17-13(18)9-10-5-1-2-6-10/h3-4,7-8,10,14H,1-2,5-6,9H2,(H,17,18). The summed E-state index contributed by atoms with van der Waals surface area (Å²) in [5, 5.41) is 2.65. The van der Waals surface area contributed by atoms with Gasteiger partial charge >= 0.3 is 6.61 Å². The van der Waals surface area contributed by atoms with E-state index in [2.05, 4.69) is 10.1 Å². The lowest BCUT2D eigenvalue weighted by atomic mass is 10.0. The number of carbonyl (C=O) groups is 1. The van der Waals surface area contributed by atoms with Crippen LogP contribution >= 0.6 is 0 Å². The minimum atomic E-state index is -2.90. The predicted molar refractivity (Wildman–Crippen MR) is 68.3 cm³/mol. The summed E-state index contributed by atoms with van der Waals surface area (Å²) >= 11 is 0.